The van der Waals surface area contributed by atoms with E-state index in [9.17, 15) is 18.0 Å². The van der Waals surface area contributed by atoms with Crippen molar-refractivity contribution in [2.45, 2.75) is 76.2 Å². The molecular formula is C24H31F4N5O3. The average molecular weight is 514 g/mol. The average Bonchev–Trinajstić information content (AvgIpc) is 3.11. The van der Waals surface area contributed by atoms with E-state index in [2.05, 4.69) is 25.4 Å². The second-order valence-electron chi connectivity index (χ2n) is 9.64. The van der Waals surface area contributed by atoms with Gasteiger partial charge in [0.05, 0.1) is 0 Å². The molecule has 0 bridgehead atoms. The zero-order valence-corrected chi connectivity index (χ0v) is 20.2. The number of rotatable bonds is 8. The molecule has 1 saturated carbocycles. The summed E-state index contributed by atoms with van der Waals surface area (Å²) in [4.78, 5) is 18.7. The van der Waals surface area contributed by atoms with E-state index in [1.807, 2.05) is 0 Å². The lowest BCUT2D eigenvalue weighted by Crippen LogP contribution is -2.43. The Morgan fingerprint density at radius 3 is 2.67 bits per heavy atom. The molecule has 0 radical (unpaired) electrons. The fourth-order valence-electron chi connectivity index (χ4n) is 4.78. The molecule has 2 aromatic heterocycles. The molecule has 1 fully saturated rings. The molecule has 1 N–H and O–H groups in total. The van der Waals surface area contributed by atoms with Crippen LogP contribution in [0, 0.1) is 6.92 Å². The maximum absolute atomic E-state index is 15.5. The molecule has 1 aliphatic carbocycles. The van der Waals surface area contributed by atoms with E-state index >= 15 is 4.39 Å². The first kappa shape index (κ1) is 26.3. The quantitative estimate of drug-likeness (QED) is 0.540. The third-order valence-electron chi connectivity index (χ3n) is 6.79. The van der Waals surface area contributed by atoms with Gasteiger partial charge in [0.15, 0.2) is 6.61 Å². The number of alkyl halides is 4. The summed E-state index contributed by atoms with van der Waals surface area (Å²) in [6.45, 7) is 2.28. The number of amides is 1. The fourth-order valence-corrected chi connectivity index (χ4v) is 4.78. The van der Waals surface area contributed by atoms with Crippen LogP contribution in [0.25, 0.3) is 0 Å². The summed E-state index contributed by atoms with van der Waals surface area (Å²) in [6, 6.07) is 3.17. The second kappa shape index (κ2) is 11.1. The van der Waals surface area contributed by atoms with E-state index in [1.54, 1.807) is 13.0 Å². The first-order chi connectivity index (χ1) is 17.1. The minimum atomic E-state index is -4.41. The lowest BCUT2D eigenvalue weighted by atomic mass is 9.81. The van der Waals surface area contributed by atoms with Crippen LogP contribution in [-0.2, 0) is 24.1 Å². The molecule has 0 saturated heterocycles. The molecule has 0 spiro atoms. The van der Waals surface area contributed by atoms with Crippen LogP contribution in [-0.4, -0.2) is 70.1 Å². The molecule has 12 heteroatoms. The molecule has 0 unspecified atom stereocenters. The largest absolute Gasteiger partial charge is 0.468 e. The van der Waals surface area contributed by atoms with Crippen LogP contribution in [0.15, 0.2) is 16.5 Å². The van der Waals surface area contributed by atoms with E-state index in [4.69, 9.17) is 9.15 Å². The smallest absolute Gasteiger partial charge is 0.422 e. The summed E-state index contributed by atoms with van der Waals surface area (Å²) < 4.78 is 62.7. The lowest BCUT2D eigenvalue weighted by Gasteiger charge is -2.35. The summed E-state index contributed by atoms with van der Waals surface area (Å²) in [6.07, 6.45) is -0.811. The molecule has 1 amide bonds. The molecule has 2 aromatic rings. The highest BCUT2D eigenvalue weighted by molar-refractivity contribution is 5.77. The molecule has 1 aliphatic heterocycles. The summed E-state index contributed by atoms with van der Waals surface area (Å²) in [7, 11) is 0. The van der Waals surface area contributed by atoms with Gasteiger partial charge in [-0.25, -0.2) is 9.37 Å². The van der Waals surface area contributed by atoms with Crippen LogP contribution >= 0.6 is 0 Å². The maximum Gasteiger partial charge on any atom is 0.422 e. The number of nitrogens with zero attached hydrogens (tertiary/aromatic N) is 4. The number of ether oxygens (including phenoxy) is 1. The minimum Gasteiger partial charge on any atom is -0.468 e. The van der Waals surface area contributed by atoms with E-state index in [0.29, 0.717) is 63.9 Å². The number of hydrogen-bond acceptors (Lipinski definition) is 7. The zero-order valence-electron chi connectivity index (χ0n) is 20.2. The molecule has 0 aromatic carbocycles. The van der Waals surface area contributed by atoms with Gasteiger partial charge in [-0.2, -0.15) is 13.2 Å². The number of fused-ring (bicyclic) bond motifs is 1. The fraction of sp³-hybridized carbons (Fsp3) is 0.667. The molecule has 0 atom stereocenters. The molecule has 198 valence electrons. The normalized spacial score (nSPS) is 23.1. The van der Waals surface area contributed by atoms with Crippen molar-refractivity contribution in [3.05, 3.63) is 35.2 Å². The zero-order chi connectivity index (χ0) is 25.8. The SMILES string of the molecule is Cc1nnc(CC(=O)NC2CCC(F)(CCN3CCc4ccc(OCC(F)(F)F)nc4CC3)CC2)o1. The van der Waals surface area contributed by atoms with Gasteiger partial charge >= 0.3 is 6.18 Å². The van der Waals surface area contributed by atoms with E-state index in [0.717, 1.165) is 17.8 Å². The third-order valence-corrected chi connectivity index (χ3v) is 6.79. The molecular weight excluding hydrogens is 482 g/mol. The Labute approximate surface area is 206 Å². The second-order valence-corrected chi connectivity index (χ2v) is 9.64. The first-order valence-electron chi connectivity index (χ1n) is 12.2. The van der Waals surface area contributed by atoms with Gasteiger partial charge in [-0.3, -0.25) is 4.79 Å². The van der Waals surface area contributed by atoms with Crippen molar-refractivity contribution in [2.75, 3.05) is 26.2 Å². The van der Waals surface area contributed by atoms with Crippen molar-refractivity contribution in [1.29, 1.82) is 0 Å². The van der Waals surface area contributed by atoms with Crippen molar-refractivity contribution in [2.24, 2.45) is 0 Å². The van der Waals surface area contributed by atoms with E-state index in [1.165, 1.54) is 6.07 Å². The van der Waals surface area contributed by atoms with Crippen LogP contribution in [0.1, 0.15) is 55.1 Å². The highest BCUT2D eigenvalue weighted by Gasteiger charge is 2.36. The summed E-state index contributed by atoms with van der Waals surface area (Å²) in [5, 5.41) is 10.5. The number of carbonyl (C=O) groups excluding carboxylic acids is 1. The summed E-state index contributed by atoms with van der Waals surface area (Å²) in [5.41, 5.74) is 0.443. The molecule has 3 heterocycles. The topological polar surface area (TPSA) is 93.4 Å². The van der Waals surface area contributed by atoms with Crippen LogP contribution in [0.4, 0.5) is 17.6 Å². The molecule has 4 rings (SSSR count). The van der Waals surface area contributed by atoms with Crippen molar-refractivity contribution < 1.29 is 31.5 Å². The van der Waals surface area contributed by atoms with Crippen LogP contribution in [0.2, 0.25) is 0 Å². The number of nitrogens with one attached hydrogen (secondary N) is 1. The van der Waals surface area contributed by atoms with Gasteiger partial charge < -0.3 is 19.4 Å². The van der Waals surface area contributed by atoms with Gasteiger partial charge in [-0.1, -0.05) is 6.07 Å². The predicted molar refractivity (Wildman–Crippen MR) is 121 cm³/mol. The van der Waals surface area contributed by atoms with Crippen LogP contribution in [0.5, 0.6) is 5.88 Å². The van der Waals surface area contributed by atoms with E-state index in [-0.39, 0.29) is 30.1 Å². The highest BCUT2D eigenvalue weighted by atomic mass is 19.4. The molecule has 8 nitrogen and oxygen atoms in total. The van der Waals surface area contributed by atoms with Crippen molar-refractivity contribution in [1.82, 2.24) is 25.4 Å². The van der Waals surface area contributed by atoms with Gasteiger partial charge in [0.2, 0.25) is 23.6 Å². The summed E-state index contributed by atoms with van der Waals surface area (Å²) in [5.74, 6) is 0.431. The van der Waals surface area contributed by atoms with Gasteiger partial charge in [0.1, 0.15) is 12.1 Å². The van der Waals surface area contributed by atoms with Gasteiger partial charge in [-0.05, 0) is 44.1 Å². The van der Waals surface area contributed by atoms with Gasteiger partial charge in [0, 0.05) is 50.8 Å². The Hall–Kier alpha value is -2.76. The number of halogens is 4. The molecule has 2 aliphatic rings. The third kappa shape index (κ3) is 7.62. The lowest BCUT2D eigenvalue weighted by molar-refractivity contribution is -0.154. The number of hydrogen-bond donors (Lipinski definition) is 1. The van der Waals surface area contributed by atoms with E-state index < -0.39 is 18.5 Å². The summed E-state index contributed by atoms with van der Waals surface area (Å²) >= 11 is 0. The number of aromatic nitrogens is 3. The predicted octanol–water partition coefficient (Wildman–Crippen LogP) is 3.51. The maximum atomic E-state index is 15.5. The van der Waals surface area contributed by atoms with Crippen molar-refractivity contribution >= 4 is 5.91 Å². The molecule has 36 heavy (non-hydrogen) atoms. The Bertz CT molecular complexity index is 1040. The Balaban J connectivity index is 1.19. The monoisotopic (exact) mass is 513 g/mol. The Morgan fingerprint density at radius 1 is 1.22 bits per heavy atom. The Kier molecular flexibility index (Phi) is 8.11. The van der Waals surface area contributed by atoms with Crippen LogP contribution < -0.4 is 10.1 Å². The van der Waals surface area contributed by atoms with Gasteiger partial charge in [0.25, 0.3) is 0 Å². The van der Waals surface area contributed by atoms with Gasteiger partial charge in [-0.15, -0.1) is 10.2 Å². The number of pyridine rings is 1. The number of carbonyl (C=O) groups is 1. The van der Waals surface area contributed by atoms with Crippen molar-refractivity contribution in [3.63, 3.8) is 0 Å². The van der Waals surface area contributed by atoms with Crippen molar-refractivity contribution in [3.8, 4) is 5.88 Å². The first-order valence-corrected chi connectivity index (χ1v) is 12.2. The highest BCUT2D eigenvalue weighted by Crippen LogP contribution is 2.35. The Morgan fingerprint density at radius 2 is 1.97 bits per heavy atom. The number of aryl methyl sites for hydroxylation is 1. The standard InChI is InChI=1S/C24H31F4N5O3/c1-16-31-32-22(36-16)14-20(34)29-18-4-8-23(25,9-5-18)10-13-33-11-6-17-2-3-21(30-19(17)7-12-33)35-15-24(26,27)28/h2-3,18H,4-15H2,1H3,(H,29,34). The minimum absolute atomic E-state index is 0.0141. The van der Waals surface area contributed by atoms with Crippen LogP contribution in [0.3, 0.4) is 0 Å².